The molecule has 0 aliphatic carbocycles. The van der Waals surface area contributed by atoms with Crippen molar-refractivity contribution in [1.29, 1.82) is 0 Å². The van der Waals surface area contributed by atoms with Crippen LogP contribution in [-0.4, -0.2) is 90.0 Å². The monoisotopic (exact) mass is 568 g/mol. The minimum Gasteiger partial charge on any atom is -0.444 e. The first-order valence-electron chi connectivity index (χ1n) is 10.7. The molecule has 2 saturated heterocycles. The highest BCUT2D eigenvalue weighted by Crippen LogP contribution is 2.33. The number of nitrogens with one attached hydrogen (secondary N) is 3. The largest absolute Gasteiger partial charge is 0.444 e. The summed E-state index contributed by atoms with van der Waals surface area (Å²) in [5.41, 5.74) is -1.44. The van der Waals surface area contributed by atoms with Gasteiger partial charge in [-0.05, 0) is 48.5 Å². The second-order valence-corrected chi connectivity index (χ2v) is 9.04. The molecule has 2 unspecified atom stereocenters. The molecule has 3 N–H and O–H groups in total. The van der Waals surface area contributed by atoms with E-state index in [0.29, 0.717) is 25.6 Å². The van der Waals surface area contributed by atoms with Gasteiger partial charge in [-0.15, -0.1) is 24.0 Å². The first kappa shape index (κ1) is 28.2. The van der Waals surface area contributed by atoms with Crippen molar-refractivity contribution in [1.82, 2.24) is 25.8 Å². The molecular weight excluding hydrogens is 531 g/mol. The molecule has 11 nitrogen and oxygen atoms in total. The van der Waals surface area contributed by atoms with Crippen molar-refractivity contribution >= 4 is 48.0 Å². The average molecular weight is 568 g/mol. The van der Waals surface area contributed by atoms with Gasteiger partial charge in [0.25, 0.3) is 0 Å². The average Bonchev–Trinajstić information content (AvgIpc) is 3.06. The Hall–Kier alpha value is -1.83. The molecule has 0 spiro atoms. The number of guanidine groups is 1. The van der Waals surface area contributed by atoms with E-state index in [4.69, 9.17) is 9.47 Å². The van der Waals surface area contributed by atoms with Gasteiger partial charge >= 0.3 is 12.1 Å². The molecule has 2 aliphatic heterocycles. The van der Waals surface area contributed by atoms with Crippen LogP contribution in [0.4, 0.5) is 9.59 Å². The van der Waals surface area contributed by atoms with Gasteiger partial charge in [0, 0.05) is 19.6 Å². The number of rotatable bonds is 6. The quantitative estimate of drug-likeness (QED) is 0.192. The summed E-state index contributed by atoms with van der Waals surface area (Å²) in [4.78, 5) is 43.5. The summed E-state index contributed by atoms with van der Waals surface area (Å²) < 4.78 is 11.6. The second-order valence-electron chi connectivity index (χ2n) is 9.04. The topological polar surface area (TPSA) is 125 Å². The molecular formula is C20H37IN6O5. The van der Waals surface area contributed by atoms with Crippen molar-refractivity contribution in [3.8, 4) is 0 Å². The van der Waals surface area contributed by atoms with Gasteiger partial charge in [-0.2, -0.15) is 0 Å². The molecule has 2 atom stereocenters. The molecule has 2 heterocycles. The zero-order chi connectivity index (χ0) is 23.4. The lowest BCUT2D eigenvalue weighted by Crippen LogP contribution is -2.51. The van der Waals surface area contributed by atoms with Gasteiger partial charge in [0.05, 0.1) is 25.2 Å². The minimum atomic E-state index is -0.822. The van der Waals surface area contributed by atoms with Crippen LogP contribution in [0.1, 0.15) is 48.5 Å². The lowest BCUT2D eigenvalue weighted by atomic mass is 10.1. The molecule has 0 aromatic heterocycles. The Labute approximate surface area is 207 Å². The Bertz CT molecular complexity index is 708. The summed E-state index contributed by atoms with van der Waals surface area (Å²) in [5.74, 6) is 0.275. The predicted molar refractivity (Wildman–Crippen MR) is 131 cm³/mol. The number of imide groups is 1. The van der Waals surface area contributed by atoms with Crippen LogP contribution in [0.15, 0.2) is 4.99 Å². The molecule has 32 heavy (non-hydrogen) atoms. The first-order valence-corrected chi connectivity index (χ1v) is 10.7. The van der Waals surface area contributed by atoms with Crippen LogP contribution in [-0.2, 0) is 14.3 Å². The van der Waals surface area contributed by atoms with E-state index in [0.717, 1.165) is 4.90 Å². The van der Waals surface area contributed by atoms with E-state index in [-0.39, 0.29) is 61.2 Å². The van der Waals surface area contributed by atoms with E-state index >= 15 is 0 Å². The lowest BCUT2D eigenvalue weighted by molar-refractivity contribution is -0.124. The number of carbonyl (C=O) groups excluding carboxylic acids is 3. The Morgan fingerprint density at radius 1 is 1.31 bits per heavy atom. The highest BCUT2D eigenvalue weighted by Gasteiger charge is 2.49. The fraction of sp³-hybridized carbons (Fsp3) is 0.800. The smallest absolute Gasteiger partial charge is 0.412 e. The Balaban J connectivity index is 0.00000512. The number of halogens is 1. The van der Waals surface area contributed by atoms with E-state index in [9.17, 15) is 14.4 Å². The van der Waals surface area contributed by atoms with Crippen LogP contribution in [0.2, 0.25) is 0 Å². The molecule has 2 rings (SSSR count). The van der Waals surface area contributed by atoms with Gasteiger partial charge in [-0.25, -0.2) is 9.59 Å². The molecule has 0 aromatic rings. The maximum absolute atomic E-state index is 12.9. The Morgan fingerprint density at radius 3 is 2.50 bits per heavy atom. The number of urea groups is 1. The predicted octanol–water partition coefficient (Wildman–Crippen LogP) is 1.47. The molecule has 4 amide bonds. The van der Waals surface area contributed by atoms with Gasteiger partial charge in [-0.1, -0.05) is 0 Å². The SMILES string of the molecule is CCNC(=NCC1C(C)OC(C)(C)N1C(=O)OC(C)(C)C)NCCN1C(=O)CNC1=O.I. The summed E-state index contributed by atoms with van der Waals surface area (Å²) in [6, 6.07) is -0.702. The summed E-state index contributed by atoms with van der Waals surface area (Å²) >= 11 is 0. The van der Waals surface area contributed by atoms with Gasteiger partial charge in [0.15, 0.2) is 5.96 Å². The lowest BCUT2D eigenvalue weighted by Gasteiger charge is -2.34. The fourth-order valence-electron chi connectivity index (χ4n) is 3.59. The van der Waals surface area contributed by atoms with Gasteiger partial charge in [0.2, 0.25) is 5.91 Å². The number of amides is 4. The molecule has 2 aliphatic rings. The van der Waals surface area contributed by atoms with Gasteiger partial charge < -0.3 is 25.4 Å². The van der Waals surface area contributed by atoms with Crippen molar-refractivity contribution in [3.05, 3.63) is 0 Å². The van der Waals surface area contributed by atoms with Crippen LogP contribution in [0.3, 0.4) is 0 Å². The number of hydrogen-bond donors (Lipinski definition) is 3. The number of ether oxygens (including phenoxy) is 2. The summed E-state index contributed by atoms with van der Waals surface area (Å²) in [6.07, 6.45) is -0.682. The number of carbonyl (C=O) groups is 3. The molecule has 0 saturated carbocycles. The highest BCUT2D eigenvalue weighted by atomic mass is 127. The van der Waals surface area contributed by atoms with E-state index < -0.39 is 17.4 Å². The van der Waals surface area contributed by atoms with Crippen molar-refractivity contribution < 1.29 is 23.9 Å². The highest BCUT2D eigenvalue weighted by molar-refractivity contribution is 14.0. The molecule has 184 valence electrons. The molecule has 0 radical (unpaired) electrons. The Kier molecular flexibility index (Phi) is 10.00. The third-order valence-electron chi connectivity index (χ3n) is 4.86. The number of aliphatic imine (C=N–C) groups is 1. The fourth-order valence-corrected chi connectivity index (χ4v) is 3.59. The van der Waals surface area contributed by atoms with Crippen molar-refractivity contribution in [2.24, 2.45) is 4.99 Å². The van der Waals surface area contributed by atoms with Crippen LogP contribution in [0.25, 0.3) is 0 Å². The maximum Gasteiger partial charge on any atom is 0.412 e. The zero-order valence-electron chi connectivity index (χ0n) is 20.0. The number of hydrogen-bond acceptors (Lipinski definition) is 6. The van der Waals surface area contributed by atoms with E-state index in [1.165, 1.54) is 0 Å². The summed E-state index contributed by atoms with van der Waals surface area (Å²) in [5, 5.41) is 8.74. The van der Waals surface area contributed by atoms with Crippen LogP contribution < -0.4 is 16.0 Å². The van der Waals surface area contributed by atoms with Gasteiger partial charge in [0.1, 0.15) is 11.3 Å². The second kappa shape index (κ2) is 11.3. The van der Waals surface area contributed by atoms with Gasteiger partial charge in [-0.3, -0.25) is 19.6 Å². The van der Waals surface area contributed by atoms with Crippen molar-refractivity contribution in [2.45, 2.75) is 71.9 Å². The van der Waals surface area contributed by atoms with Crippen molar-refractivity contribution in [3.63, 3.8) is 0 Å². The molecule has 2 fully saturated rings. The third kappa shape index (κ3) is 7.36. The normalized spacial score (nSPS) is 23.0. The number of nitrogens with zero attached hydrogens (tertiary/aromatic N) is 3. The van der Waals surface area contributed by atoms with E-state index in [1.54, 1.807) is 4.90 Å². The molecule has 0 aromatic carbocycles. The maximum atomic E-state index is 12.9. The van der Waals surface area contributed by atoms with Crippen LogP contribution in [0.5, 0.6) is 0 Å². The zero-order valence-corrected chi connectivity index (χ0v) is 22.3. The van der Waals surface area contributed by atoms with Crippen LogP contribution in [0, 0.1) is 0 Å². The molecule has 12 heteroatoms. The summed E-state index contributed by atoms with van der Waals surface area (Å²) in [7, 11) is 0. The summed E-state index contributed by atoms with van der Waals surface area (Å²) in [6.45, 7) is 14.5. The third-order valence-corrected chi connectivity index (χ3v) is 4.86. The Morgan fingerprint density at radius 2 is 1.97 bits per heavy atom. The van der Waals surface area contributed by atoms with Crippen molar-refractivity contribution in [2.75, 3.05) is 32.7 Å². The van der Waals surface area contributed by atoms with Crippen LogP contribution >= 0.6 is 24.0 Å². The van der Waals surface area contributed by atoms with E-state index in [2.05, 4.69) is 20.9 Å². The van der Waals surface area contributed by atoms with E-state index in [1.807, 2.05) is 48.5 Å². The standard InChI is InChI=1S/C20H36N6O5.HI/c1-8-21-16(22-9-10-25-15(27)12-24-17(25)28)23-11-14-13(2)30-20(6,7)26(14)18(29)31-19(3,4)5;/h13-14H,8-12H2,1-7H3,(H,24,28)(H2,21,22,23);1H. The molecule has 0 bridgehead atoms. The first-order chi connectivity index (χ1) is 14.4. The minimum absolute atomic E-state index is 0.